The van der Waals surface area contributed by atoms with Crippen molar-refractivity contribution in [3.05, 3.63) is 0 Å². The fourth-order valence-electron chi connectivity index (χ4n) is 2.14. The van der Waals surface area contributed by atoms with E-state index in [1.165, 1.54) is 25.7 Å². The summed E-state index contributed by atoms with van der Waals surface area (Å²) in [7, 11) is -3.12. The Labute approximate surface area is 154 Å². The zero-order valence-electron chi connectivity index (χ0n) is 16.7. The van der Waals surface area contributed by atoms with Crippen LogP contribution in [0.4, 0.5) is 0 Å². The van der Waals surface area contributed by atoms with E-state index in [0.717, 1.165) is 64.2 Å². The number of unbranched alkanes of at least 4 members (excludes halogenated alkanes) is 4. The lowest BCUT2D eigenvalue weighted by atomic mass is 10.4. The predicted octanol–water partition coefficient (Wildman–Crippen LogP) is 4.69. The lowest BCUT2D eigenvalue weighted by molar-refractivity contribution is 0.182. The average molecular weight is 379 g/mol. The van der Waals surface area contributed by atoms with Gasteiger partial charge in [-0.05, 0) is 37.8 Å². The van der Waals surface area contributed by atoms with Crippen molar-refractivity contribution in [1.29, 1.82) is 0 Å². The largest absolute Gasteiger partial charge is 0.397 e. The van der Waals surface area contributed by atoms with E-state index in [-0.39, 0.29) is 0 Å². The van der Waals surface area contributed by atoms with Crippen molar-refractivity contribution < 1.29 is 17.7 Å². The molecule has 0 aromatic rings. The Morgan fingerprint density at radius 1 is 0.458 bits per heavy atom. The summed E-state index contributed by atoms with van der Waals surface area (Å²) in [6.07, 6.45) is 9.20. The maximum atomic E-state index is 6.06. The molecule has 0 amide bonds. The van der Waals surface area contributed by atoms with Crippen LogP contribution in [0.3, 0.4) is 0 Å². The first kappa shape index (κ1) is 24.3. The van der Waals surface area contributed by atoms with Gasteiger partial charge in [-0.15, -0.1) is 0 Å². The van der Waals surface area contributed by atoms with Gasteiger partial charge in [0.25, 0.3) is 0 Å². The van der Waals surface area contributed by atoms with Gasteiger partial charge in [0, 0.05) is 26.4 Å². The summed E-state index contributed by atoms with van der Waals surface area (Å²) < 4.78 is 24.2. The van der Waals surface area contributed by atoms with Crippen molar-refractivity contribution in [3.63, 3.8) is 0 Å². The molecule has 0 unspecified atom stereocenters. The first-order chi connectivity index (χ1) is 11.8. The third-order valence-electron chi connectivity index (χ3n) is 3.84. The predicted molar refractivity (Wildman–Crippen MR) is 107 cm³/mol. The highest BCUT2D eigenvalue weighted by atomic mass is 28.3. The number of hydrogen-bond donors (Lipinski definition) is 0. The molecular weight excluding hydrogens is 336 g/mol. The second kappa shape index (κ2) is 19.6. The van der Waals surface area contributed by atoms with Crippen molar-refractivity contribution in [3.8, 4) is 0 Å². The third-order valence-corrected chi connectivity index (χ3v) is 8.55. The Morgan fingerprint density at radius 3 is 0.917 bits per heavy atom. The van der Waals surface area contributed by atoms with Gasteiger partial charge in [-0.25, -0.2) is 0 Å². The molecule has 0 aliphatic rings. The van der Waals surface area contributed by atoms with Gasteiger partial charge in [-0.2, -0.15) is 0 Å². The van der Waals surface area contributed by atoms with Crippen molar-refractivity contribution in [2.45, 2.75) is 91.1 Å². The quantitative estimate of drug-likeness (QED) is 0.241. The molecule has 0 N–H and O–H groups in total. The summed E-state index contributed by atoms with van der Waals surface area (Å²) in [4.78, 5) is 0. The Bertz CT molecular complexity index is 201. The van der Waals surface area contributed by atoms with E-state index in [2.05, 4.69) is 27.7 Å². The maximum Gasteiger partial charge on any atom is 0.321 e. The minimum Gasteiger partial charge on any atom is -0.397 e. The molecule has 0 spiro atoms. The van der Waals surface area contributed by atoms with E-state index in [9.17, 15) is 0 Å². The molecule has 0 saturated heterocycles. The molecule has 0 aliphatic carbocycles. The van der Waals surface area contributed by atoms with E-state index < -0.39 is 18.6 Å². The zero-order valence-corrected chi connectivity index (χ0v) is 19.0. The Hall–Kier alpha value is 0.274. The fraction of sp³-hybridized carbons (Fsp3) is 1.00. The SMILES string of the molecule is CCCCO[SiH](CC[SiH](OCCCC)OCCCC)OCCCC. The normalized spacial score (nSPS) is 11.8. The van der Waals surface area contributed by atoms with Gasteiger partial charge in [0.1, 0.15) is 0 Å². The Kier molecular flexibility index (Phi) is 19.8. The molecule has 0 atom stereocenters. The third kappa shape index (κ3) is 15.8. The van der Waals surface area contributed by atoms with Gasteiger partial charge in [0.2, 0.25) is 0 Å². The molecule has 0 aliphatic heterocycles. The summed E-state index contributed by atoms with van der Waals surface area (Å²) in [6.45, 7) is 12.2. The molecule has 0 saturated carbocycles. The Morgan fingerprint density at radius 2 is 0.708 bits per heavy atom. The topological polar surface area (TPSA) is 36.9 Å². The molecule has 24 heavy (non-hydrogen) atoms. The van der Waals surface area contributed by atoms with Crippen LogP contribution in [0.1, 0.15) is 79.1 Å². The first-order valence-corrected chi connectivity index (χ1v) is 13.8. The van der Waals surface area contributed by atoms with E-state index in [0.29, 0.717) is 0 Å². The van der Waals surface area contributed by atoms with Crippen molar-refractivity contribution in [2.75, 3.05) is 26.4 Å². The summed E-state index contributed by atoms with van der Waals surface area (Å²) in [5, 5.41) is 0. The maximum absolute atomic E-state index is 6.06. The molecule has 0 heterocycles. The molecule has 0 aromatic heterocycles. The molecule has 4 nitrogen and oxygen atoms in total. The second-order valence-electron chi connectivity index (χ2n) is 6.33. The average Bonchev–Trinajstić information content (AvgIpc) is 2.59. The molecule has 6 heteroatoms. The molecule has 146 valence electrons. The standard InChI is InChI=1S/C18H42O4Si2/c1-5-9-13-19-23(20-14-10-6-2)17-18-24(21-15-11-7-3)22-16-12-8-4/h23-24H,5-18H2,1-4H3. The lowest BCUT2D eigenvalue weighted by Crippen LogP contribution is -2.30. The monoisotopic (exact) mass is 378 g/mol. The molecule has 0 rings (SSSR count). The van der Waals surface area contributed by atoms with Gasteiger partial charge in [0.15, 0.2) is 0 Å². The minimum atomic E-state index is -1.56. The second-order valence-corrected chi connectivity index (χ2v) is 10.5. The van der Waals surface area contributed by atoms with Crippen LogP contribution in [0.25, 0.3) is 0 Å². The summed E-state index contributed by atoms with van der Waals surface area (Å²) >= 11 is 0. The van der Waals surface area contributed by atoms with Gasteiger partial charge in [-0.3, -0.25) is 0 Å². The van der Waals surface area contributed by atoms with E-state index in [4.69, 9.17) is 17.7 Å². The van der Waals surface area contributed by atoms with E-state index >= 15 is 0 Å². The van der Waals surface area contributed by atoms with Crippen LogP contribution < -0.4 is 0 Å². The molecule has 0 radical (unpaired) electrons. The van der Waals surface area contributed by atoms with Crippen LogP contribution in [0.2, 0.25) is 12.1 Å². The first-order valence-electron chi connectivity index (χ1n) is 10.2. The van der Waals surface area contributed by atoms with Crippen LogP contribution in [0.15, 0.2) is 0 Å². The van der Waals surface area contributed by atoms with Crippen LogP contribution in [-0.4, -0.2) is 45.0 Å². The van der Waals surface area contributed by atoms with Crippen molar-refractivity contribution >= 4 is 18.6 Å². The smallest absolute Gasteiger partial charge is 0.321 e. The highest BCUT2D eigenvalue weighted by molar-refractivity contribution is 6.50. The minimum absolute atomic E-state index is 0.846. The molecule has 0 aromatic carbocycles. The van der Waals surface area contributed by atoms with Gasteiger partial charge in [0.05, 0.1) is 0 Å². The zero-order chi connectivity index (χ0) is 17.9. The molecule has 0 fully saturated rings. The Balaban J connectivity index is 4.21. The van der Waals surface area contributed by atoms with Gasteiger partial charge >= 0.3 is 18.6 Å². The number of rotatable bonds is 19. The van der Waals surface area contributed by atoms with Crippen molar-refractivity contribution in [1.82, 2.24) is 0 Å². The van der Waals surface area contributed by atoms with E-state index in [1.54, 1.807) is 0 Å². The number of hydrogen-bond acceptors (Lipinski definition) is 4. The molecular formula is C18H42O4Si2. The lowest BCUT2D eigenvalue weighted by Gasteiger charge is -2.20. The van der Waals surface area contributed by atoms with Crippen LogP contribution in [0.5, 0.6) is 0 Å². The fourth-order valence-corrected chi connectivity index (χ4v) is 6.89. The van der Waals surface area contributed by atoms with Crippen molar-refractivity contribution in [2.24, 2.45) is 0 Å². The van der Waals surface area contributed by atoms with Crippen LogP contribution in [-0.2, 0) is 17.7 Å². The summed E-state index contributed by atoms with van der Waals surface area (Å²) in [5.41, 5.74) is 0. The summed E-state index contributed by atoms with van der Waals surface area (Å²) in [5.74, 6) is 0. The highest BCUT2D eigenvalue weighted by Crippen LogP contribution is 2.11. The van der Waals surface area contributed by atoms with Crippen LogP contribution in [0, 0.1) is 0 Å². The highest BCUT2D eigenvalue weighted by Gasteiger charge is 2.20. The van der Waals surface area contributed by atoms with E-state index in [1.807, 2.05) is 0 Å². The van der Waals surface area contributed by atoms with Gasteiger partial charge in [-0.1, -0.05) is 53.4 Å². The van der Waals surface area contributed by atoms with Gasteiger partial charge < -0.3 is 17.7 Å². The van der Waals surface area contributed by atoms with Crippen LogP contribution >= 0.6 is 0 Å². The summed E-state index contributed by atoms with van der Waals surface area (Å²) in [6, 6.07) is 2.06. The molecule has 0 bridgehead atoms.